The molecule has 1 aromatic heterocycles. The molecule has 3 nitrogen and oxygen atoms in total. The molecule has 0 aliphatic carbocycles. The van der Waals surface area contributed by atoms with E-state index < -0.39 is 5.60 Å². The number of hydrogen-bond acceptors (Lipinski definition) is 3. The highest BCUT2D eigenvalue weighted by Gasteiger charge is 2.34. The molecule has 0 aromatic carbocycles. The van der Waals surface area contributed by atoms with E-state index in [1.807, 2.05) is 0 Å². The summed E-state index contributed by atoms with van der Waals surface area (Å²) < 4.78 is 13.2. The van der Waals surface area contributed by atoms with Gasteiger partial charge in [-0.3, -0.25) is 4.98 Å². The Morgan fingerprint density at radius 3 is 2.61 bits per heavy atom. The van der Waals surface area contributed by atoms with E-state index in [0.29, 0.717) is 24.3 Å². The van der Waals surface area contributed by atoms with Crippen LogP contribution < -0.4 is 0 Å². The molecule has 0 saturated carbocycles. The third-order valence-electron chi connectivity index (χ3n) is 3.55. The van der Waals surface area contributed by atoms with Crippen molar-refractivity contribution in [3.8, 4) is 0 Å². The molecule has 1 aromatic rings. The van der Waals surface area contributed by atoms with E-state index in [2.05, 4.69) is 23.7 Å². The zero-order chi connectivity index (χ0) is 13.2. The summed E-state index contributed by atoms with van der Waals surface area (Å²) in [4.78, 5) is 6.18. The SMILES string of the molecule is CC(C)CN1CCC(O)(c2cncc(F)c2)CC1. The highest BCUT2D eigenvalue weighted by molar-refractivity contribution is 5.19. The largest absolute Gasteiger partial charge is 0.385 e. The highest BCUT2D eigenvalue weighted by Crippen LogP contribution is 2.32. The summed E-state index contributed by atoms with van der Waals surface area (Å²) in [6.07, 6.45) is 4.03. The van der Waals surface area contributed by atoms with E-state index >= 15 is 0 Å². The topological polar surface area (TPSA) is 36.4 Å². The van der Waals surface area contributed by atoms with Gasteiger partial charge in [0, 0.05) is 31.4 Å². The molecule has 0 spiro atoms. The summed E-state index contributed by atoms with van der Waals surface area (Å²) in [7, 11) is 0. The third kappa shape index (κ3) is 3.06. The summed E-state index contributed by atoms with van der Waals surface area (Å²) in [6, 6.07) is 1.39. The number of hydrogen-bond donors (Lipinski definition) is 1. The average molecular weight is 252 g/mol. The number of aliphatic hydroxyl groups is 1. The molecule has 4 heteroatoms. The van der Waals surface area contributed by atoms with Gasteiger partial charge < -0.3 is 10.0 Å². The van der Waals surface area contributed by atoms with Gasteiger partial charge in [-0.2, -0.15) is 0 Å². The molecular weight excluding hydrogens is 231 g/mol. The predicted molar refractivity (Wildman–Crippen MR) is 68.6 cm³/mol. The molecule has 0 amide bonds. The summed E-state index contributed by atoms with van der Waals surface area (Å²) in [5, 5.41) is 10.6. The molecule has 1 aliphatic heterocycles. The van der Waals surface area contributed by atoms with Gasteiger partial charge in [0.2, 0.25) is 0 Å². The van der Waals surface area contributed by atoms with Crippen molar-refractivity contribution < 1.29 is 9.50 Å². The molecule has 1 N–H and O–H groups in total. The normalized spacial score (nSPS) is 20.3. The van der Waals surface area contributed by atoms with Crippen LogP contribution in [0.2, 0.25) is 0 Å². The van der Waals surface area contributed by atoms with Crippen LogP contribution in [0.3, 0.4) is 0 Å². The minimum atomic E-state index is -0.914. The molecule has 1 saturated heterocycles. The van der Waals surface area contributed by atoms with Crippen LogP contribution in [0.15, 0.2) is 18.5 Å². The molecular formula is C14H21FN2O. The van der Waals surface area contributed by atoms with Crippen molar-refractivity contribution in [2.24, 2.45) is 5.92 Å². The Morgan fingerprint density at radius 1 is 1.39 bits per heavy atom. The lowest BCUT2D eigenvalue weighted by Crippen LogP contribution is -2.43. The molecule has 0 bridgehead atoms. The lowest BCUT2D eigenvalue weighted by Gasteiger charge is -2.39. The highest BCUT2D eigenvalue weighted by atomic mass is 19.1. The number of rotatable bonds is 3. The van der Waals surface area contributed by atoms with E-state index in [0.717, 1.165) is 19.6 Å². The fourth-order valence-electron chi connectivity index (χ4n) is 2.58. The first-order chi connectivity index (χ1) is 8.49. The van der Waals surface area contributed by atoms with Gasteiger partial charge in [-0.25, -0.2) is 4.39 Å². The van der Waals surface area contributed by atoms with Gasteiger partial charge >= 0.3 is 0 Å². The number of pyridine rings is 1. The van der Waals surface area contributed by atoms with Crippen molar-refractivity contribution in [2.45, 2.75) is 32.3 Å². The molecule has 0 unspecified atom stereocenters. The number of nitrogens with zero attached hydrogens (tertiary/aromatic N) is 2. The molecule has 2 rings (SSSR count). The Kier molecular flexibility index (Phi) is 3.97. The maximum atomic E-state index is 13.2. The fraction of sp³-hybridized carbons (Fsp3) is 0.643. The van der Waals surface area contributed by atoms with Crippen LogP contribution in [-0.2, 0) is 5.60 Å². The molecule has 2 heterocycles. The van der Waals surface area contributed by atoms with Crippen LogP contribution in [0.25, 0.3) is 0 Å². The third-order valence-corrected chi connectivity index (χ3v) is 3.55. The van der Waals surface area contributed by atoms with Crippen molar-refractivity contribution in [1.29, 1.82) is 0 Å². The maximum Gasteiger partial charge on any atom is 0.141 e. The first-order valence-electron chi connectivity index (χ1n) is 6.55. The van der Waals surface area contributed by atoms with Crippen molar-refractivity contribution in [1.82, 2.24) is 9.88 Å². The predicted octanol–water partition coefficient (Wildman–Crippen LogP) is 2.16. The standard InChI is InChI=1S/C14H21FN2O/c1-11(2)10-17-5-3-14(18,4-6-17)12-7-13(15)9-16-8-12/h7-9,11,18H,3-6,10H2,1-2H3. The number of halogens is 1. The van der Waals surface area contributed by atoms with Crippen LogP contribution in [0.1, 0.15) is 32.3 Å². The summed E-state index contributed by atoms with van der Waals surface area (Å²) in [5.41, 5.74) is -0.311. The summed E-state index contributed by atoms with van der Waals surface area (Å²) in [6.45, 7) is 7.14. The van der Waals surface area contributed by atoms with Crippen molar-refractivity contribution >= 4 is 0 Å². The van der Waals surface area contributed by atoms with Gasteiger partial charge in [-0.15, -0.1) is 0 Å². The van der Waals surface area contributed by atoms with E-state index in [-0.39, 0.29) is 5.82 Å². The monoisotopic (exact) mass is 252 g/mol. The summed E-state index contributed by atoms with van der Waals surface area (Å²) in [5.74, 6) is 0.248. The minimum Gasteiger partial charge on any atom is -0.385 e. The Hall–Kier alpha value is -1.00. The van der Waals surface area contributed by atoms with Gasteiger partial charge in [0.05, 0.1) is 11.8 Å². The van der Waals surface area contributed by atoms with Gasteiger partial charge in [0.25, 0.3) is 0 Å². The molecule has 100 valence electrons. The molecule has 18 heavy (non-hydrogen) atoms. The van der Waals surface area contributed by atoms with E-state index in [1.54, 1.807) is 6.20 Å². The van der Waals surface area contributed by atoms with Crippen molar-refractivity contribution in [3.05, 3.63) is 29.8 Å². The molecule has 0 radical (unpaired) electrons. The van der Waals surface area contributed by atoms with Crippen molar-refractivity contribution in [2.75, 3.05) is 19.6 Å². The van der Waals surface area contributed by atoms with Crippen molar-refractivity contribution in [3.63, 3.8) is 0 Å². The Balaban J connectivity index is 2.03. The lowest BCUT2D eigenvalue weighted by atomic mass is 9.85. The Morgan fingerprint density at radius 2 is 2.06 bits per heavy atom. The van der Waals surface area contributed by atoms with E-state index in [4.69, 9.17) is 0 Å². The molecule has 0 atom stereocenters. The number of piperidine rings is 1. The quantitative estimate of drug-likeness (QED) is 0.895. The maximum absolute atomic E-state index is 13.2. The zero-order valence-corrected chi connectivity index (χ0v) is 11.1. The summed E-state index contributed by atoms with van der Waals surface area (Å²) >= 11 is 0. The second kappa shape index (κ2) is 5.33. The lowest BCUT2D eigenvalue weighted by molar-refractivity contribution is -0.0284. The van der Waals surface area contributed by atoms with Gasteiger partial charge in [-0.05, 0) is 24.8 Å². The zero-order valence-electron chi connectivity index (χ0n) is 11.1. The van der Waals surface area contributed by atoms with Crippen LogP contribution in [0, 0.1) is 11.7 Å². The second-order valence-corrected chi connectivity index (χ2v) is 5.62. The van der Waals surface area contributed by atoms with Gasteiger partial charge in [0.1, 0.15) is 5.82 Å². The number of likely N-dealkylation sites (tertiary alicyclic amines) is 1. The first kappa shape index (κ1) is 13.4. The smallest absolute Gasteiger partial charge is 0.141 e. The average Bonchev–Trinajstić information content (AvgIpc) is 2.32. The van der Waals surface area contributed by atoms with Crippen LogP contribution >= 0.6 is 0 Å². The van der Waals surface area contributed by atoms with E-state index in [1.165, 1.54) is 12.3 Å². The van der Waals surface area contributed by atoms with Gasteiger partial charge in [0.15, 0.2) is 0 Å². The van der Waals surface area contributed by atoms with E-state index in [9.17, 15) is 9.50 Å². The van der Waals surface area contributed by atoms with Crippen LogP contribution in [-0.4, -0.2) is 34.6 Å². The Labute approximate surface area is 108 Å². The van der Waals surface area contributed by atoms with Crippen LogP contribution in [0.4, 0.5) is 4.39 Å². The first-order valence-corrected chi connectivity index (χ1v) is 6.55. The minimum absolute atomic E-state index is 0.384. The van der Waals surface area contributed by atoms with Gasteiger partial charge in [-0.1, -0.05) is 13.8 Å². The second-order valence-electron chi connectivity index (χ2n) is 5.62. The Bertz CT molecular complexity index is 401. The fourth-order valence-corrected chi connectivity index (χ4v) is 2.58. The van der Waals surface area contributed by atoms with Crippen LogP contribution in [0.5, 0.6) is 0 Å². The molecule has 1 aliphatic rings. The number of aromatic nitrogens is 1. The molecule has 1 fully saturated rings.